The van der Waals surface area contributed by atoms with Gasteiger partial charge in [-0.2, -0.15) is 4.98 Å². The van der Waals surface area contributed by atoms with Crippen LogP contribution < -0.4 is 0 Å². The molecule has 3 rings (SSSR count). The molecule has 24 heavy (non-hydrogen) atoms. The van der Waals surface area contributed by atoms with Gasteiger partial charge >= 0.3 is 0 Å². The standard InChI is InChI=1S/C17H25ClN4OS/c1-3-4-5-16-19-17(23-20-16)13(2)22-10-8-21(9-11-22)12-14-6-7-15(18)24-14/h6-7,13H,3-5,8-12H2,1-2H3. The largest absolute Gasteiger partial charge is 0.338 e. The van der Waals surface area contributed by atoms with Gasteiger partial charge in [0.05, 0.1) is 10.4 Å². The van der Waals surface area contributed by atoms with E-state index in [2.05, 4.69) is 39.9 Å². The predicted octanol–water partition coefficient (Wildman–Crippen LogP) is 4.01. The van der Waals surface area contributed by atoms with E-state index >= 15 is 0 Å². The summed E-state index contributed by atoms with van der Waals surface area (Å²) in [5, 5.41) is 4.11. The van der Waals surface area contributed by atoms with Crippen LogP contribution in [0.2, 0.25) is 4.34 Å². The Kier molecular flexibility index (Phi) is 6.27. The number of aromatic nitrogens is 2. The highest BCUT2D eigenvalue weighted by atomic mass is 35.5. The fourth-order valence-electron chi connectivity index (χ4n) is 3.00. The first-order valence-electron chi connectivity index (χ1n) is 8.69. The van der Waals surface area contributed by atoms with E-state index < -0.39 is 0 Å². The Morgan fingerprint density at radius 3 is 2.75 bits per heavy atom. The Bertz CT molecular complexity index is 636. The smallest absolute Gasteiger partial charge is 0.243 e. The first kappa shape index (κ1) is 17.9. The lowest BCUT2D eigenvalue weighted by atomic mass is 10.2. The summed E-state index contributed by atoms with van der Waals surface area (Å²) in [4.78, 5) is 10.8. The average Bonchev–Trinajstić information content (AvgIpc) is 3.22. The summed E-state index contributed by atoms with van der Waals surface area (Å²) >= 11 is 7.68. The van der Waals surface area contributed by atoms with Crippen LogP contribution in [0.25, 0.3) is 0 Å². The Balaban J connectivity index is 1.49. The Labute approximate surface area is 152 Å². The molecule has 0 amide bonds. The van der Waals surface area contributed by atoms with Crippen LogP contribution in [0, 0.1) is 0 Å². The molecule has 3 heterocycles. The molecule has 0 spiro atoms. The quantitative estimate of drug-likeness (QED) is 0.738. The second kappa shape index (κ2) is 8.43. The van der Waals surface area contributed by atoms with Crippen LogP contribution in [0.15, 0.2) is 16.7 Å². The van der Waals surface area contributed by atoms with Crippen molar-refractivity contribution in [1.29, 1.82) is 0 Å². The van der Waals surface area contributed by atoms with E-state index in [1.165, 1.54) is 4.88 Å². The van der Waals surface area contributed by atoms with Crippen LogP contribution >= 0.6 is 22.9 Å². The normalized spacial score (nSPS) is 18.1. The minimum atomic E-state index is 0.186. The van der Waals surface area contributed by atoms with Crippen LogP contribution in [0.3, 0.4) is 0 Å². The number of hydrogen-bond acceptors (Lipinski definition) is 6. The third kappa shape index (κ3) is 4.57. The zero-order valence-electron chi connectivity index (χ0n) is 14.4. The van der Waals surface area contributed by atoms with E-state index in [0.29, 0.717) is 0 Å². The van der Waals surface area contributed by atoms with Gasteiger partial charge in [0.2, 0.25) is 5.89 Å². The molecule has 0 aromatic carbocycles. The second-order valence-electron chi connectivity index (χ2n) is 6.35. The van der Waals surface area contributed by atoms with Crippen molar-refractivity contribution in [3.63, 3.8) is 0 Å². The predicted molar refractivity (Wildman–Crippen MR) is 97.5 cm³/mol. The maximum atomic E-state index is 6.01. The van der Waals surface area contributed by atoms with Gasteiger partial charge < -0.3 is 4.52 Å². The van der Waals surface area contributed by atoms with E-state index in [1.807, 2.05) is 6.07 Å². The zero-order valence-corrected chi connectivity index (χ0v) is 15.9. The van der Waals surface area contributed by atoms with Crippen LogP contribution in [-0.2, 0) is 13.0 Å². The SMILES string of the molecule is CCCCc1noc(C(C)N2CCN(Cc3ccc(Cl)s3)CC2)n1. The minimum absolute atomic E-state index is 0.186. The highest BCUT2D eigenvalue weighted by Gasteiger charge is 2.25. The molecule has 2 aromatic rings. The third-order valence-electron chi connectivity index (χ3n) is 4.56. The molecule has 2 aromatic heterocycles. The van der Waals surface area contributed by atoms with Gasteiger partial charge in [-0.1, -0.05) is 30.1 Å². The van der Waals surface area contributed by atoms with Crippen molar-refractivity contribution in [2.45, 2.75) is 45.7 Å². The number of thiophene rings is 1. The number of rotatable bonds is 7. The van der Waals surface area contributed by atoms with Crippen LogP contribution in [0.4, 0.5) is 0 Å². The third-order valence-corrected chi connectivity index (χ3v) is 5.77. The minimum Gasteiger partial charge on any atom is -0.338 e. The fraction of sp³-hybridized carbons (Fsp3) is 0.647. The molecular formula is C17H25ClN4OS. The van der Waals surface area contributed by atoms with Crippen molar-refractivity contribution in [1.82, 2.24) is 19.9 Å². The van der Waals surface area contributed by atoms with Crippen LogP contribution in [-0.4, -0.2) is 46.1 Å². The topological polar surface area (TPSA) is 45.4 Å². The molecule has 0 bridgehead atoms. The van der Waals surface area contributed by atoms with Crippen molar-refractivity contribution >= 4 is 22.9 Å². The average molecular weight is 369 g/mol. The van der Waals surface area contributed by atoms with Gasteiger partial charge in [0.15, 0.2) is 5.82 Å². The van der Waals surface area contributed by atoms with Crippen molar-refractivity contribution in [3.8, 4) is 0 Å². The summed E-state index contributed by atoms with van der Waals surface area (Å²) in [6, 6.07) is 4.29. The molecule has 1 atom stereocenters. The van der Waals surface area contributed by atoms with Gasteiger partial charge in [-0.05, 0) is 25.5 Å². The van der Waals surface area contributed by atoms with Gasteiger partial charge in [-0.25, -0.2) is 0 Å². The Morgan fingerprint density at radius 1 is 1.29 bits per heavy atom. The highest BCUT2D eigenvalue weighted by Crippen LogP contribution is 2.24. The molecule has 1 aliphatic heterocycles. The maximum Gasteiger partial charge on any atom is 0.243 e. The van der Waals surface area contributed by atoms with Gasteiger partial charge in [-0.15, -0.1) is 11.3 Å². The van der Waals surface area contributed by atoms with Crippen molar-refractivity contribution < 1.29 is 4.52 Å². The lowest BCUT2D eigenvalue weighted by molar-refractivity contribution is 0.0850. The number of piperazine rings is 1. The number of halogens is 1. The first-order valence-corrected chi connectivity index (χ1v) is 9.88. The molecule has 0 saturated carbocycles. The van der Waals surface area contributed by atoms with Crippen molar-refractivity contribution in [2.24, 2.45) is 0 Å². The van der Waals surface area contributed by atoms with Crippen LogP contribution in [0.1, 0.15) is 49.3 Å². The first-order chi connectivity index (χ1) is 11.7. The fourth-order valence-corrected chi connectivity index (χ4v) is 4.13. The molecule has 1 fully saturated rings. The number of nitrogens with zero attached hydrogens (tertiary/aromatic N) is 4. The van der Waals surface area contributed by atoms with E-state index in [0.717, 1.165) is 68.0 Å². The molecule has 0 radical (unpaired) electrons. The summed E-state index contributed by atoms with van der Waals surface area (Å²) in [7, 11) is 0. The molecular weight excluding hydrogens is 344 g/mol. The summed E-state index contributed by atoms with van der Waals surface area (Å²) < 4.78 is 6.34. The van der Waals surface area contributed by atoms with E-state index in [1.54, 1.807) is 11.3 Å². The van der Waals surface area contributed by atoms with Gasteiger partial charge in [0.25, 0.3) is 0 Å². The Hall–Kier alpha value is -0.950. The lowest BCUT2D eigenvalue weighted by Crippen LogP contribution is -2.46. The van der Waals surface area contributed by atoms with E-state index in [-0.39, 0.29) is 6.04 Å². The van der Waals surface area contributed by atoms with Gasteiger partial charge in [0, 0.05) is 44.0 Å². The number of hydrogen-bond donors (Lipinski definition) is 0. The zero-order chi connectivity index (χ0) is 16.9. The van der Waals surface area contributed by atoms with Gasteiger partial charge in [-0.3, -0.25) is 9.80 Å². The summed E-state index contributed by atoms with van der Waals surface area (Å²) in [5.41, 5.74) is 0. The van der Waals surface area contributed by atoms with E-state index in [9.17, 15) is 0 Å². The molecule has 7 heteroatoms. The molecule has 0 aliphatic carbocycles. The highest BCUT2D eigenvalue weighted by molar-refractivity contribution is 7.16. The molecule has 1 aliphatic rings. The molecule has 5 nitrogen and oxygen atoms in total. The summed E-state index contributed by atoms with van der Waals surface area (Å²) in [6.45, 7) is 9.47. The van der Waals surface area contributed by atoms with Crippen molar-refractivity contribution in [2.75, 3.05) is 26.2 Å². The van der Waals surface area contributed by atoms with Crippen molar-refractivity contribution in [3.05, 3.63) is 33.1 Å². The Morgan fingerprint density at radius 2 is 2.08 bits per heavy atom. The molecule has 132 valence electrons. The summed E-state index contributed by atoms with van der Waals surface area (Å²) in [6.07, 6.45) is 3.17. The van der Waals surface area contributed by atoms with Gasteiger partial charge in [0.1, 0.15) is 0 Å². The molecule has 1 saturated heterocycles. The molecule has 1 unspecified atom stereocenters. The van der Waals surface area contributed by atoms with Crippen LogP contribution in [0.5, 0.6) is 0 Å². The maximum absolute atomic E-state index is 6.01. The lowest BCUT2D eigenvalue weighted by Gasteiger charge is -2.36. The second-order valence-corrected chi connectivity index (χ2v) is 8.15. The van der Waals surface area contributed by atoms with E-state index in [4.69, 9.17) is 16.1 Å². The molecule has 0 N–H and O–H groups in total. The summed E-state index contributed by atoms with van der Waals surface area (Å²) in [5.74, 6) is 1.59. The number of aryl methyl sites for hydroxylation is 1. The monoisotopic (exact) mass is 368 g/mol. The number of unbranched alkanes of at least 4 members (excludes halogenated alkanes) is 1.